The summed E-state index contributed by atoms with van der Waals surface area (Å²) in [6.45, 7) is 3.27. The predicted octanol–water partition coefficient (Wildman–Crippen LogP) is 2.35. The van der Waals surface area contributed by atoms with Crippen LogP contribution in [0.5, 0.6) is 0 Å². The van der Waals surface area contributed by atoms with Crippen LogP contribution in [-0.4, -0.2) is 55.4 Å². The number of piperidine rings is 1. The van der Waals surface area contributed by atoms with E-state index in [4.69, 9.17) is 0 Å². The Morgan fingerprint density at radius 1 is 1.17 bits per heavy atom. The summed E-state index contributed by atoms with van der Waals surface area (Å²) in [4.78, 5) is 14.5. The molecule has 2 amide bonds. The van der Waals surface area contributed by atoms with Crippen molar-refractivity contribution in [3.8, 4) is 0 Å². The smallest absolute Gasteiger partial charge is 0.315 e. The van der Waals surface area contributed by atoms with Crippen LogP contribution in [0, 0.1) is 11.8 Å². The predicted molar refractivity (Wildman–Crippen MR) is 93.4 cm³/mol. The van der Waals surface area contributed by atoms with Gasteiger partial charge in [0.1, 0.15) is 0 Å². The van der Waals surface area contributed by atoms with Gasteiger partial charge < -0.3 is 20.6 Å². The zero-order chi connectivity index (χ0) is 16.5. The molecule has 1 aliphatic carbocycles. The molecule has 0 aromatic heterocycles. The van der Waals surface area contributed by atoms with Crippen molar-refractivity contribution in [2.24, 2.45) is 11.8 Å². The van der Waals surface area contributed by atoms with Crippen LogP contribution in [0.2, 0.25) is 0 Å². The quantitative estimate of drug-likeness (QED) is 0.673. The van der Waals surface area contributed by atoms with Gasteiger partial charge in [-0.25, -0.2) is 4.79 Å². The first-order valence-corrected chi connectivity index (χ1v) is 9.53. The summed E-state index contributed by atoms with van der Waals surface area (Å²) >= 11 is 0. The summed E-state index contributed by atoms with van der Waals surface area (Å²) in [6.07, 6.45) is 10.4. The zero-order valence-electron chi connectivity index (χ0n) is 14.7. The number of hydrogen-bond donors (Lipinski definition) is 3. The molecule has 0 spiro atoms. The highest BCUT2D eigenvalue weighted by Gasteiger charge is 2.24. The molecule has 134 valence electrons. The molecule has 1 unspecified atom stereocenters. The van der Waals surface area contributed by atoms with Crippen molar-refractivity contribution in [2.75, 3.05) is 33.3 Å². The molecule has 5 heteroatoms. The number of carbonyl (C=O) groups is 1. The monoisotopic (exact) mass is 325 g/mol. The van der Waals surface area contributed by atoms with E-state index in [0.29, 0.717) is 12.3 Å². The molecule has 1 aliphatic heterocycles. The van der Waals surface area contributed by atoms with Crippen LogP contribution in [0.15, 0.2) is 0 Å². The van der Waals surface area contributed by atoms with Crippen LogP contribution in [0.4, 0.5) is 4.79 Å². The van der Waals surface area contributed by atoms with Gasteiger partial charge in [0.05, 0.1) is 0 Å². The molecule has 3 N–H and O–H groups in total. The molecular weight excluding hydrogens is 290 g/mol. The van der Waals surface area contributed by atoms with Gasteiger partial charge in [-0.1, -0.05) is 19.3 Å². The lowest BCUT2D eigenvalue weighted by molar-refractivity contribution is 0.193. The van der Waals surface area contributed by atoms with Crippen molar-refractivity contribution in [3.63, 3.8) is 0 Å². The largest absolute Gasteiger partial charge is 0.396 e. The van der Waals surface area contributed by atoms with E-state index >= 15 is 0 Å². The highest BCUT2D eigenvalue weighted by molar-refractivity contribution is 5.74. The summed E-state index contributed by atoms with van der Waals surface area (Å²) in [5, 5.41) is 15.4. The molecule has 0 bridgehead atoms. The summed E-state index contributed by atoms with van der Waals surface area (Å²) in [5.41, 5.74) is 0. The minimum atomic E-state index is -0.0537. The topological polar surface area (TPSA) is 64.6 Å². The molecule has 1 atom stereocenters. The van der Waals surface area contributed by atoms with Gasteiger partial charge in [-0.3, -0.25) is 0 Å². The molecular formula is C18H35N3O2. The van der Waals surface area contributed by atoms with Gasteiger partial charge in [0.15, 0.2) is 0 Å². The lowest BCUT2D eigenvalue weighted by Gasteiger charge is -2.31. The third-order valence-corrected chi connectivity index (χ3v) is 5.65. The molecule has 2 aliphatic rings. The standard InChI is InChI=1S/C18H35N3O2/c1-21-12-8-15(9-13-21)7-11-19-18(23)20-17(10-14-22)16-5-3-2-4-6-16/h15-17,22H,2-14H2,1H3,(H2,19,20,23). The first-order valence-electron chi connectivity index (χ1n) is 9.53. The summed E-state index contributed by atoms with van der Waals surface area (Å²) in [5.74, 6) is 1.29. The van der Waals surface area contributed by atoms with Crippen molar-refractivity contribution in [2.45, 2.75) is 63.8 Å². The van der Waals surface area contributed by atoms with Crippen LogP contribution < -0.4 is 10.6 Å². The van der Waals surface area contributed by atoms with E-state index < -0.39 is 0 Å². The Bertz CT molecular complexity index is 337. The Morgan fingerprint density at radius 2 is 1.87 bits per heavy atom. The van der Waals surface area contributed by atoms with Crippen LogP contribution >= 0.6 is 0 Å². The molecule has 23 heavy (non-hydrogen) atoms. The van der Waals surface area contributed by atoms with E-state index in [0.717, 1.165) is 18.9 Å². The Kier molecular flexibility index (Phi) is 8.17. The number of rotatable bonds is 7. The van der Waals surface area contributed by atoms with E-state index in [1.807, 2.05) is 0 Å². The van der Waals surface area contributed by atoms with Gasteiger partial charge in [0, 0.05) is 19.2 Å². The number of aliphatic hydroxyl groups excluding tert-OH is 1. The van der Waals surface area contributed by atoms with Crippen molar-refractivity contribution < 1.29 is 9.90 Å². The fraction of sp³-hybridized carbons (Fsp3) is 0.944. The van der Waals surface area contributed by atoms with Crippen LogP contribution in [0.25, 0.3) is 0 Å². The van der Waals surface area contributed by atoms with Gasteiger partial charge in [0.25, 0.3) is 0 Å². The number of nitrogens with one attached hydrogen (secondary N) is 2. The second-order valence-electron chi connectivity index (χ2n) is 7.45. The lowest BCUT2D eigenvalue weighted by Crippen LogP contribution is -2.47. The van der Waals surface area contributed by atoms with Crippen molar-refractivity contribution in [1.29, 1.82) is 0 Å². The molecule has 0 aromatic carbocycles. The Labute approximate surface area is 141 Å². The second kappa shape index (κ2) is 10.1. The highest BCUT2D eigenvalue weighted by Crippen LogP contribution is 2.27. The molecule has 1 saturated heterocycles. The average Bonchev–Trinajstić information content (AvgIpc) is 2.57. The summed E-state index contributed by atoms with van der Waals surface area (Å²) in [6, 6.07) is 0.0746. The SMILES string of the molecule is CN1CCC(CCNC(=O)NC(CCO)C2CCCCC2)CC1. The van der Waals surface area contributed by atoms with Crippen LogP contribution in [0.1, 0.15) is 57.8 Å². The lowest BCUT2D eigenvalue weighted by atomic mass is 9.83. The van der Waals surface area contributed by atoms with Gasteiger partial charge in [-0.05, 0) is 70.5 Å². The number of hydrogen-bond acceptors (Lipinski definition) is 3. The zero-order valence-corrected chi connectivity index (χ0v) is 14.7. The number of urea groups is 1. The first-order chi connectivity index (χ1) is 11.2. The molecule has 0 radical (unpaired) electrons. The summed E-state index contributed by atoms with van der Waals surface area (Å²) < 4.78 is 0. The normalized spacial score (nSPS) is 22.7. The van der Waals surface area contributed by atoms with Gasteiger partial charge in [0.2, 0.25) is 0 Å². The first kappa shape index (κ1) is 18.5. The van der Waals surface area contributed by atoms with Crippen molar-refractivity contribution in [1.82, 2.24) is 15.5 Å². The molecule has 2 fully saturated rings. The number of likely N-dealkylation sites (tertiary alicyclic amines) is 1. The average molecular weight is 325 g/mol. The van der Waals surface area contributed by atoms with Gasteiger partial charge in [-0.2, -0.15) is 0 Å². The Morgan fingerprint density at radius 3 is 2.52 bits per heavy atom. The second-order valence-corrected chi connectivity index (χ2v) is 7.45. The van der Waals surface area contributed by atoms with E-state index in [-0.39, 0.29) is 18.7 Å². The minimum absolute atomic E-state index is 0.0537. The fourth-order valence-electron chi connectivity index (χ4n) is 4.06. The third kappa shape index (κ3) is 6.68. The Hall–Kier alpha value is -0.810. The van der Waals surface area contributed by atoms with Crippen LogP contribution in [-0.2, 0) is 0 Å². The van der Waals surface area contributed by atoms with Gasteiger partial charge >= 0.3 is 6.03 Å². The molecule has 1 saturated carbocycles. The Balaban J connectivity index is 1.65. The highest BCUT2D eigenvalue weighted by atomic mass is 16.3. The molecule has 2 rings (SSSR count). The molecule has 5 nitrogen and oxygen atoms in total. The molecule has 0 aromatic rings. The number of nitrogens with zero attached hydrogens (tertiary/aromatic N) is 1. The van der Waals surface area contributed by atoms with E-state index in [1.54, 1.807) is 0 Å². The maximum atomic E-state index is 12.2. The number of carbonyl (C=O) groups excluding carboxylic acids is 1. The maximum Gasteiger partial charge on any atom is 0.315 e. The fourth-order valence-corrected chi connectivity index (χ4v) is 4.06. The minimum Gasteiger partial charge on any atom is -0.396 e. The third-order valence-electron chi connectivity index (χ3n) is 5.65. The van der Waals surface area contributed by atoms with Crippen molar-refractivity contribution >= 4 is 6.03 Å². The van der Waals surface area contributed by atoms with Crippen molar-refractivity contribution in [3.05, 3.63) is 0 Å². The number of aliphatic hydroxyl groups is 1. The van der Waals surface area contributed by atoms with E-state index in [9.17, 15) is 9.90 Å². The van der Waals surface area contributed by atoms with E-state index in [1.165, 1.54) is 58.0 Å². The van der Waals surface area contributed by atoms with Gasteiger partial charge in [-0.15, -0.1) is 0 Å². The maximum absolute atomic E-state index is 12.2. The number of amides is 2. The van der Waals surface area contributed by atoms with Crippen LogP contribution in [0.3, 0.4) is 0 Å². The molecule has 1 heterocycles. The van der Waals surface area contributed by atoms with E-state index in [2.05, 4.69) is 22.6 Å². The summed E-state index contributed by atoms with van der Waals surface area (Å²) in [7, 11) is 2.18.